The molecule has 0 radical (unpaired) electrons. The molecule has 2 fully saturated rings. The van der Waals surface area contributed by atoms with Crippen LogP contribution in [0.4, 0.5) is 5.95 Å². The van der Waals surface area contributed by atoms with E-state index in [1.807, 2.05) is 24.6 Å². The molecule has 4 rings (SSSR count). The summed E-state index contributed by atoms with van der Waals surface area (Å²) in [6.07, 6.45) is 0.657. The summed E-state index contributed by atoms with van der Waals surface area (Å²) in [6.45, 7) is 15.4. The van der Waals surface area contributed by atoms with Gasteiger partial charge in [0.1, 0.15) is 29.1 Å². The van der Waals surface area contributed by atoms with Crippen molar-refractivity contribution in [1.82, 2.24) is 14.5 Å². The number of nitrogen functional groups attached to an aromatic ring is 1. The second-order valence-electron chi connectivity index (χ2n) is 10.2. The minimum Gasteiger partial charge on any atom is -0.414 e. The van der Waals surface area contributed by atoms with Gasteiger partial charge in [-0.05, 0) is 54.6 Å². The van der Waals surface area contributed by atoms with Crippen molar-refractivity contribution in [3.63, 3.8) is 0 Å². The van der Waals surface area contributed by atoms with Gasteiger partial charge in [0, 0.05) is 9.77 Å². The highest BCUT2D eigenvalue weighted by Gasteiger charge is 2.56. The third-order valence-corrected chi connectivity index (χ3v) is 12.0. The predicted molar refractivity (Wildman–Crippen MR) is 131 cm³/mol. The fourth-order valence-corrected chi connectivity index (χ4v) is 6.04. The van der Waals surface area contributed by atoms with Crippen LogP contribution >= 0.6 is 34.2 Å². The molecule has 8 nitrogen and oxygen atoms in total. The lowest BCUT2D eigenvalue weighted by molar-refractivity contribution is -0.199. The summed E-state index contributed by atoms with van der Waals surface area (Å²) in [6, 6.07) is 0. The van der Waals surface area contributed by atoms with Crippen molar-refractivity contribution in [2.45, 2.75) is 83.1 Å². The van der Waals surface area contributed by atoms with E-state index < -0.39 is 20.3 Å². The Morgan fingerprint density at radius 1 is 1.26 bits per heavy atom. The summed E-state index contributed by atoms with van der Waals surface area (Å²) in [4.78, 5) is 8.52. The van der Waals surface area contributed by atoms with Gasteiger partial charge in [0.25, 0.3) is 0 Å². The van der Waals surface area contributed by atoms with Gasteiger partial charge in [0.15, 0.2) is 20.3 Å². The fraction of sp³-hybridized carbons (Fsp3) is 0.700. The average molecular weight is 581 g/mol. The standard InChI is InChI=1S/C20H30ClIN4O4Si/c1-19(2,3)31(6,7)27-9-11-13-14(30-20(4,5)29-13)17(28-11)26-8-10(22)12-15(21)24-18(23)25-16(12)26/h8,11,13-14,17H,9H2,1-7H3,(H2,23,24,25)/t11-,13-,14-,17-/m1/s1. The van der Waals surface area contributed by atoms with Gasteiger partial charge in [-0.1, -0.05) is 32.4 Å². The summed E-state index contributed by atoms with van der Waals surface area (Å²) < 4.78 is 28.3. The Balaban J connectivity index is 1.68. The summed E-state index contributed by atoms with van der Waals surface area (Å²) in [5, 5.41) is 1.17. The van der Waals surface area contributed by atoms with Gasteiger partial charge in [-0.25, -0.2) is 4.98 Å². The van der Waals surface area contributed by atoms with E-state index in [1.54, 1.807) is 0 Å². The monoisotopic (exact) mass is 580 g/mol. The molecule has 0 unspecified atom stereocenters. The van der Waals surface area contributed by atoms with Crippen LogP contribution in [0.5, 0.6) is 0 Å². The minimum atomic E-state index is -1.95. The normalized spacial score (nSPS) is 28.4. The molecule has 4 heterocycles. The molecule has 0 spiro atoms. The van der Waals surface area contributed by atoms with E-state index in [-0.39, 0.29) is 29.3 Å². The summed E-state index contributed by atoms with van der Waals surface area (Å²) in [5.41, 5.74) is 6.50. The van der Waals surface area contributed by atoms with Gasteiger partial charge in [-0.3, -0.25) is 0 Å². The first-order valence-corrected chi connectivity index (χ1v) is 14.7. The highest BCUT2D eigenvalue weighted by Crippen LogP contribution is 2.45. The van der Waals surface area contributed by atoms with Crippen LogP contribution in [-0.2, 0) is 18.6 Å². The van der Waals surface area contributed by atoms with E-state index in [1.165, 1.54) is 0 Å². The Hall–Kier alpha value is -0.503. The van der Waals surface area contributed by atoms with Crippen molar-refractivity contribution < 1.29 is 18.6 Å². The lowest BCUT2D eigenvalue weighted by Crippen LogP contribution is -2.44. The molecule has 2 saturated heterocycles. The number of hydrogen-bond acceptors (Lipinski definition) is 7. The SMILES string of the molecule is CC1(C)O[C@@H]2[C@H](O1)[C@@H](CO[Si](C)(C)C(C)(C)C)O[C@H]2n1cc(I)c2c(Cl)nc(N)nc21. The molecule has 31 heavy (non-hydrogen) atoms. The molecule has 11 heteroatoms. The number of hydrogen-bond donors (Lipinski definition) is 1. The van der Waals surface area contributed by atoms with Gasteiger partial charge in [-0.15, -0.1) is 0 Å². The molecule has 0 amide bonds. The largest absolute Gasteiger partial charge is 0.414 e. The molecule has 0 bridgehead atoms. The fourth-order valence-electron chi connectivity index (χ4n) is 3.80. The van der Waals surface area contributed by atoms with Gasteiger partial charge >= 0.3 is 0 Å². The zero-order chi connectivity index (χ0) is 22.9. The number of fused-ring (bicyclic) bond motifs is 2. The van der Waals surface area contributed by atoms with Crippen molar-refractivity contribution in [2.75, 3.05) is 12.3 Å². The molecule has 0 saturated carbocycles. The highest BCUT2D eigenvalue weighted by molar-refractivity contribution is 14.1. The van der Waals surface area contributed by atoms with Gasteiger partial charge < -0.3 is 28.9 Å². The lowest BCUT2D eigenvalue weighted by atomic mass is 10.1. The van der Waals surface area contributed by atoms with Crippen LogP contribution in [0.15, 0.2) is 6.20 Å². The van der Waals surface area contributed by atoms with Crippen LogP contribution in [0.3, 0.4) is 0 Å². The maximum absolute atomic E-state index is 6.48. The van der Waals surface area contributed by atoms with Crippen molar-refractivity contribution in [3.05, 3.63) is 14.9 Å². The van der Waals surface area contributed by atoms with Crippen LogP contribution in [0.25, 0.3) is 11.0 Å². The Morgan fingerprint density at radius 2 is 1.90 bits per heavy atom. The van der Waals surface area contributed by atoms with Crippen molar-refractivity contribution in [1.29, 1.82) is 0 Å². The smallest absolute Gasteiger partial charge is 0.223 e. The third kappa shape index (κ3) is 4.24. The molecular formula is C20H30ClIN4O4Si. The zero-order valence-electron chi connectivity index (χ0n) is 18.9. The Labute approximate surface area is 202 Å². The van der Waals surface area contributed by atoms with Gasteiger partial charge in [0.05, 0.1) is 12.0 Å². The molecule has 0 aliphatic carbocycles. The van der Waals surface area contributed by atoms with E-state index in [4.69, 9.17) is 36.0 Å². The van der Waals surface area contributed by atoms with Crippen molar-refractivity contribution in [3.8, 4) is 0 Å². The molecule has 0 aromatic carbocycles. The van der Waals surface area contributed by atoms with Crippen LogP contribution in [0.2, 0.25) is 23.3 Å². The van der Waals surface area contributed by atoms with Gasteiger partial charge in [0.2, 0.25) is 5.95 Å². The van der Waals surface area contributed by atoms with E-state index in [0.717, 1.165) is 8.96 Å². The summed E-state index contributed by atoms with van der Waals surface area (Å²) in [5.74, 6) is -0.599. The second-order valence-corrected chi connectivity index (χ2v) is 16.5. The highest BCUT2D eigenvalue weighted by atomic mass is 127. The van der Waals surface area contributed by atoms with E-state index in [2.05, 4.69) is 66.4 Å². The number of ether oxygens (including phenoxy) is 3. The average Bonchev–Trinajstić information content (AvgIpc) is 3.20. The van der Waals surface area contributed by atoms with E-state index >= 15 is 0 Å². The Kier molecular flexibility index (Phi) is 5.93. The molecular weight excluding hydrogens is 551 g/mol. The van der Waals surface area contributed by atoms with Crippen LogP contribution in [-0.4, -0.2) is 53.6 Å². The zero-order valence-corrected chi connectivity index (χ0v) is 22.8. The first-order chi connectivity index (χ1) is 14.2. The molecule has 2 aliphatic rings. The van der Waals surface area contributed by atoms with E-state index in [0.29, 0.717) is 17.4 Å². The topological polar surface area (TPSA) is 93.7 Å². The molecule has 2 aromatic rings. The van der Waals surface area contributed by atoms with Crippen LogP contribution in [0.1, 0.15) is 40.8 Å². The summed E-state index contributed by atoms with van der Waals surface area (Å²) in [7, 11) is -1.95. The van der Waals surface area contributed by atoms with Crippen LogP contribution < -0.4 is 5.73 Å². The van der Waals surface area contributed by atoms with Crippen LogP contribution in [0, 0.1) is 3.57 Å². The number of anilines is 1. The first-order valence-electron chi connectivity index (χ1n) is 10.3. The second kappa shape index (κ2) is 7.78. The predicted octanol–water partition coefficient (Wildman–Crippen LogP) is 4.71. The number of nitrogens with two attached hydrogens (primary N) is 1. The Morgan fingerprint density at radius 3 is 2.55 bits per heavy atom. The number of nitrogens with zero attached hydrogens (tertiary/aromatic N) is 3. The van der Waals surface area contributed by atoms with Gasteiger partial charge in [-0.2, -0.15) is 4.98 Å². The molecule has 2 aliphatic heterocycles. The number of rotatable bonds is 4. The third-order valence-electron chi connectivity index (χ3n) is 6.41. The summed E-state index contributed by atoms with van der Waals surface area (Å²) >= 11 is 8.57. The quantitative estimate of drug-likeness (QED) is 0.318. The number of halogens is 2. The van der Waals surface area contributed by atoms with E-state index in [9.17, 15) is 0 Å². The molecule has 172 valence electrons. The molecule has 4 atom stereocenters. The maximum atomic E-state index is 6.48. The van der Waals surface area contributed by atoms with Crippen molar-refractivity contribution >= 4 is 59.5 Å². The number of aromatic nitrogens is 3. The van der Waals surface area contributed by atoms with Crippen molar-refractivity contribution in [2.24, 2.45) is 0 Å². The lowest BCUT2D eigenvalue weighted by Gasteiger charge is -2.37. The maximum Gasteiger partial charge on any atom is 0.223 e. The first kappa shape index (κ1) is 23.6. The molecule has 2 aromatic heterocycles. The minimum absolute atomic E-state index is 0.106. The molecule has 2 N–H and O–H groups in total. The Bertz CT molecular complexity index is 1010.